The summed E-state index contributed by atoms with van der Waals surface area (Å²) in [6.07, 6.45) is 5.54. The van der Waals surface area contributed by atoms with Crippen LogP contribution in [0.4, 0.5) is 0 Å². The Labute approximate surface area is 112 Å². The minimum atomic E-state index is -0.539. The second-order valence-electron chi connectivity index (χ2n) is 4.63. The molecule has 7 heteroatoms. The molecular weight excluding hydrogens is 266 g/mol. The molecule has 0 aliphatic heterocycles. The second-order valence-corrected chi connectivity index (χ2v) is 5.50. The first-order valence-electron chi connectivity index (χ1n) is 6.16. The number of aromatic nitrogens is 2. The summed E-state index contributed by atoms with van der Waals surface area (Å²) in [7, 11) is 0. The number of rotatable bonds is 2. The number of fused-ring (bicyclic) bond motifs is 1. The van der Waals surface area contributed by atoms with Crippen molar-refractivity contribution in [2.75, 3.05) is 0 Å². The largest absolute Gasteiger partial charge is 0.492 e. The molecule has 0 radical (unpaired) electrons. The monoisotopic (exact) mass is 279 g/mol. The van der Waals surface area contributed by atoms with Gasteiger partial charge in [-0.15, -0.1) is 11.3 Å². The maximum atomic E-state index is 12.1. The zero-order chi connectivity index (χ0) is 13.4. The fourth-order valence-corrected chi connectivity index (χ4v) is 3.10. The zero-order valence-corrected chi connectivity index (χ0v) is 10.9. The van der Waals surface area contributed by atoms with Crippen molar-refractivity contribution in [3.63, 3.8) is 0 Å². The average Bonchev–Trinajstić information content (AvgIpc) is 2.99. The number of thiazole rings is 1. The first-order valence-corrected chi connectivity index (χ1v) is 7.04. The number of nitrogens with zero attached hydrogens (tertiary/aromatic N) is 2. The highest BCUT2D eigenvalue weighted by molar-refractivity contribution is 7.15. The lowest BCUT2D eigenvalue weighted by atomic mass is 10.2. The smallest absolute Gasteiger partial charge is 0.275 e. The van der Waals surface area contributed by atoms with Crippen molar-refractivity contribution < 1.29 is 9.90 Å². The van der Waals surface area contributed by atoms with E-state index >= 15 is 0 Å². The van der Waals surface area contributed by atoms with Gasteiger partial charge in [0.1, 0.15) is 0 Å². The van der Waals surface area contributed by atoms with Crippen molar-refractivity contribution in [3.8, 4) is 5.88 Å². The summed E-state index contributed by atoms with van der Waals surface area (Å²) < 4.78 is 1.27. The van der Waals surface area contributed by atoms with Crippen LogP contribution in [0.1, 0.15) is 36.0 Å². The summed E-state index contributed by atoms with van der Waals surface area (Å²) in [6, 6.07) is 0.0921. The highest BCUT2D eigenvalue weighted by Crippen LogP contribution is 2.19. The molecule has 1 amide bonds. The van der Waals surface area contributed by atoms with E-state index in [4.69, 9.17) is 0 Å². The van der Waals surface area contributed by atoms with E-state index in [-0.39, 0.29) is 11.6 Å². The van der Waals surface area contributed by atoms with E-state index in [1.807, 2.05) is 0 Å². The van der Waals surface area contributed by atoms with Crippen LogP contribution in [0.15, 0.2) is 16.4 Å². The molecule has 1 saturated carbocycles. The molecule has 2 heterocycles. The summed E-state index contributed by atoms with van der Waals surface area (Å²) in [5.41, 5.74) is -0.804. The number of hydrogen-bond donors (Lipinski definition) is 2. The van der Waals surface area contributed by atoms with E-state index < -0.39 is 17.3 Å². The SMILES string of the molecule is O=C(NC1CCCC1)c1c(O)nc2sccn2c1=O. The minimum absolute atomic E-state index is 0.0921. The number of hydrogen-bond acceptors (Lipinski definition) is 5. The van der Waals surface area contributed by atoms with Crippen LogP contribution in [0.25, 0.3) is 4.96 Å². The first kappa shape index (κ1) is 12.2. The Hall–Kier alpha value is -1.89. The van der Waals surface area contributed by atoms with E-state index in [1.165, 1.54) is 15.7 Å². The Morgan fingerprint density at radius 3 is 2.95 bits per heavy atom. The highest BCUT2D eigenvalue weighted by atomic mass is 32.1. The van der Waals surface area contributed by atoms with E-state index in [2.05, 4.69) is 10.3 Å². The Kier molecular flexibility index (Phi) is 2.98. The Balaban J connectivity index is 1.99. The van der Waals surface area contributed by atoms with Crippen LogP contribution in [0.3, 0.4) is 0 Å². The van der Waals surface area contributed by atoms with Crippen molar-refractivity contribution in [2.24, 2.45) is 0 Å². The molecule has 3 rings (SSSR count). The van der Waals surface area contributed by atoms with Crippen LogP contribution in [0.5, 0.6) is 5.88 Å². The summed E-state index contributed by atoms with van der Waals surface area (Å²) >= 11 is 1.23. The van der Waals surface area contributed by atoms with Crippen molar-refractivity contribution in [1.82, 2.24) is 14.7 Å². The molecule has 0 unspecified atom stereocenters. The standard InChI is InChI=1S/C12H13N3O3S/c16-9(13-7-3-1-2-4-7)8-10(17)14-12-15(11(8)18)5-6-19-12/h5-7,17H,1-4H2,(H,13,16). The molecule has 2 aromatic heterocycles. The zero-order valence-electron chi connectivity index (χ0n) is 10.1. The van der Waals surface area contributed by atoms with Crippen molar-refractivity contribution >= 4 is 22.2 Å². The van der Waals surface area contributed by atoms with Gasteiger partial charge in [-0.2, -0.15) is 4.98 Å². The molecule has 0 aromatic carbocycles. The van der Waals surface area contributed by atoms with Gasteiger partial charge in [-0.1, -0.05) is 12.8 Å². The van der Waals surface area contributed by atoms with Crippen LogP contribution in [0.2, 0.25) is 0 Å². The molecule has 1 fully saturated rings. The van der Waals surface area contributed by atoms with Crippen molar-refractivity contribution in [1.29, 1.82) is 0 Å². The van der Waals surface area contributed by atoms with E-state index in [0.29, 0.717) is 4.96 Å². The fraction of sp³-hybridized carbons (Fsp3) is 0.417. The number of nitrogens with one attached hydrogen (secondary N) is 1. The number of aromatic hydroxyl groups is 1. The van der Waals surface area contributed by atoms with Gasteiger partial charge in [0.05, 0.1) is 0 Å². The van der Waals surface area contributed by atoms with Gasteiger partial charge in [0.2, 0.25) is 5.88 Å². The average molecular weight is 279 g/mol. The predicted octanol–water partition coefficient (Wildman–Crippen LogP) is 1.13. The minimum Gasteiger partial charge on any atom is -0.492 e. The molecule has 100 valence electrons. The van der Waals surface area contributed by atoms with Crippen molar-refractivity contribution in [2.45, 2.75) is 31.7 Å². The number of carbonyl (C=O) groups is 1. The van der Waals surface area contributed by atoms with Gasteiger partial charge < -0.3 is 10.4 Å². The molecule has 19 heavy (non-hydrogen) atoms. The molecule has 1 aliphatic carbocycles. The van der Waals surface area contributed by atoms with Crippen LogP contribution >= 0.6 is 11.3 Å². The van der Waals surface area contributed by atoms with E-state index in [1.54, 1.807) is 11.6 Å². The van der Waals surface area contributed by atoms with Crippen molar-refractivity contribution in [3.05, 3.63) is 27.5 Å². The summed E-state index contributed by atoms with van der Waals surface area (Å²) in [5, 5.41) is 14.2. The maximum Gasteiger partial charge on any atom is 0.275 e. The van der Waals surface area contributed by atoms with Gasteiger partial charge in [-0.25, -0.2) is 0 Å². The van der Waals surface area contributed by atoms with Gasteiger partial charge in [0.15, 0.2) is 10.5 Å². The van der Waals surface area contributed by atoms with Gasteiger partial charge in [-0.05, 0) is 12.8 Å². The molecule has 2 N–H and O–H groups in total. The van der Waals surface area contributed by atoms with Gasteiger partial charge >= 0.3 is 0 Å². The molecule has 0 saturated heterocycles. The van der Waals surface area contributed by atoms with Crippen LogP contribution in [-0.2, 0) is 0 Å². The van der Waals surface area contributed by atoms with Crippen LogP contribution < -0.4 is 10.9 Å². The molecule has 0 spiro atoms. The third-order valence-corrected chi connectivity index (χ3v) is 4.12. The number of amides is 1. The third-order valence-electron chi connectivity index (χ3n) is 3.36. The van der Waals surface area contributed by atoms with Crippen LogP contribution in [-0.4, -0.2) is 26.4 Å². The van der Waals surface area contributed by atoms with Gasteiger partial charge in [0, 0.05) is 17.6 Å². The lowest BCUT2D eigenvalue weighted by molar-refractivity contribution is 0.0932. The van der Waals surface area contributed by atoms with Crippen LogP contribution in [0, 0.1) is 0 Å². The summed E-state index contributed by atoms with van der Waals surface area (Å²) in [4.78, 5) is 28.5. The first-order chi connectivity index (χ1) is 9.16. The highest BCUT2D eigenvalue weighted by Gasteiger charge is 2.24. The molecule has 0 atom stereocenters. The number of carbonyl (C=O) groups excluding carboxylic acids is 1. The molecular formula is C12H13N3O3S. The Morgan fingerprint density at radius 1 is 1.47 bits per heavy atom. The van der Waals surface area contributed by atoms with Gasteiger partial charge in [0.25, 0.3) is 11.5 Å². The summed E-state index contributed by atoms with van der Waals surface area (Å²) in [5.74, 6) is -1.04. The molecule has 1 aliphatic rings. The molecule has 6 nitrogen and oxygen atoms in total. The lowest BCUT2D eigenvalue weighted by Gasteiger charge is -2.11. The fourth-order valence-electron chi connectivity index (χ4n) is 2.40. The molecule has 2 aromatic rings. The van der Waals surface area contributed by atoms with E-state index in [0.717, 1.165) is 25.7 Å². The Morgan fingerprint density at radius 2 is 2.21 bits per heavy atom. The lowest BCUT2D eigenvalue weighted by Crippen LogP contribution is -2.36. The van der Waals surface area contributed by atoms with Gasteiger partial charge in [-0.3, -0.25) is 14.0 Å². The molecule has 0 bridgehead atoms. The van der Waals surface area contributed by atoms with E-state index in [9.17, 15) is 14.7 Å². The maximum absolute atomic E-state index is 12.1. The second kappa shape index (κ2) is 4.65. The normalized spacial score (nSPS) is 16.0. The third kappa shape index (κ3) is 2.10. The summed E-state index contributed by atoms with van der Waals surface area (Å²) in [6.45, 7) is 0. The Bertz CT molecular complexity index is 685. The topological polar surface area (TPSA) is 83.7 Å². The predicted molar refractivity (Wildman–Crippen MR) is 70.7 cm³/mol. The quantitative estimate of drug-likeness (QED) is 0.863.